The quantitative estimate of drug-likeness (QED) is 0.799. The van der Waals surface area contributed by atoms with E-state index >= 15 is 0 Å². The van der Waals surface area contributed by atoms with Crippen LogP contribution in [0.3, 0.4) is 0 Å². The van der Waals surface area contributed by atoms with Gasteiger partial charge in [-0.1, -0.05) is 31.7 Å². The lowest BCUT2D eigenvalue weighted by Gasteiger charge is -2.10. The smallest absolute Gasteiger partial charge is 0.524 e. The van der Waals surface area contributed by atoms with Crippen LogP contribution in [0.5, 0.6) is 23.0 Å². The molecule has 5 heteroatoms. The van der Waals surface area contributed by atoms with E-state index in [0.29, 0.717) is 5.75 Å². The number of hydrogen-bond donors (Lipinski definition) is 2. The summed E-state index contributed by atoms with van der Waals surface area (Å²) in [6, 6.07) is 10.0. The second-order valence-corrected chi connectivity index (χ2v) is 4.42. The van der Waals surface area contributed by atoms with Crippen LogP contribution in [-0.2, 0) is 6.42 Å². The number of aromatic hydroxyl groups is 2. The second-order valence-electron chi connectivity index (χ2n) is 4.42. The standard InChI is InChI=1S/C16H16BO4/c1-3-11-6-8-15(14(19)9-11)20-17-21-16-10-12(4-2)5-7-13(16)18/h3,5-10,18-19H,1,4H2,2H3. The number of aryl methyl sites for hydroxylation is 1. The maximum Gasteiger partial charge on any atom is 0.658 e. The van der Waals surface area contributed by atoms with Crippen molar-refractivity contribution < 1.29 is 19.5 Å². The van der Waals surface area contributed by atoms with Crippen LogP contribution < -0.4 is 9.31 Å². The van der Waals surface area contributed by atoms with Crippen molar-refractivity contribution in [2.24, 2.45) is 0 Å². The molecule has 0 fully saturated rings. The topological polar surface area (TPSA) is 58.9 Å². The Bertz CT molecular complexity index is 640. The maximum absolute atomic E-state index is 9.76. The Hall–Kier alpha value is -2.56. The lowest BCUT2D eigenvalue weighted by atomic mass is 10.1. The van der Waals surface area contributed by atoms with Gasteiger partial charge < -0.3 is 19.5 Å². The molecule has 1 radical (unpaired) electrons. The minimum absolute atomic E-state index is 0.0150. The first-order valence-electron chi connectivity index (χ1n) is 6.56. The third-order valence-electron chi connectivity index (χ3n) is 3.00. The zero-order chi connectivity index (χ0) is 15.2. The number of benzene rings is 2. The Kier molecular flexibility index (Phi) is 4.77. The Morgan fingerprint density at radius 1 is 1.05 bits per heavy atom. The Morgan fingerprint density at radius 3 is 2.48 bits per heavy atom. The normalized spacial score (nSPS) is 9.95. The van der Waals surface area contributed by atoms with E-state index in [1.807, 2.05) is 13.0 Å². The summed E-state index contributed by atoms with van der Waals surface area (Å²) in [4.78, 5) is 0. The lowest BCUT2D eigenvalue weighted by Crippen LogP contribution is -2.11. The molecule has 2 aromatic rings. The number of phenols is 2. The molecule has 0 unspecified atom stereocenters. The summed E-state index contributed by atoms with van der Waals surface area (Å²) in [7, 11) is 1.07. The molecule has 0 spiro atoms. The molecule has 2 rings (SSSR count). The summed E-state index contributed by atoms with van der Waals surface area (Å²) in [6.07, 6.45) is 2.46. The third kappa shape index (κ3) is 3.72. The largest absolute Gasteiger partial charge is 0.658 e. The van der Waals surface area contributed by atoms with Gasteiger partial charge in [0.25, 0.3) is 0 Å². The molecular formula is C16H16BO4. The molecule has 0 saturated carbocycles. The van der Waals surface area contributed by atoms with Crippen LogP contribution in [0, 0.1) is 0 Å². The SMILES string of the molecule is C=Cc1ccc(O[B]Oc2cc(CC)ccc2O)c(O)c1. The molecule has 21 heavy (non-hydrogen) atoms. The van der Waals surface area contributed by atoms with E-state index in [2.05, 4.69) is 6.58 Å². The first-order chi connectivity index (χ1) is 10.1. The fourth-order valence-corrected chi connectivity index (χ4v) is 1.76. The van der Waals surface area contributed by atoms with Gasteiger partial charge >= 0.3 is 7.69 Å². The summed E-state index contributed by atoms with van der Waals surface area (Å²) in [5.41, 5.74) is 1.82. The minimum atomic E-state index is -0.0150. The van der Waals surface area contributed by atoms with Gasteiger partial charge in [-0.2, -0.15) is 0 Å². The van der Waals surface area contributed by atoms with Gasteiger partial charge in [-0.3, -0.25) is 0 Å². The van der Waals surface area contributed by atoms with Crippen molar-refractivity contribution in [3.63, 3.8) is 0 Å². The zero-order valence-corrected chi connectivity index (χ0v) is 11.7. The van der Waals surface area contributed by atoms with Crippen molar-refractivity contribution in [2.75, 3.05) is 0 Å². The molecule has 0 aromatic heterocycles. The zero-order valence-electron chi connectivity index (χ0n) is 11.7. The molecule has 0 atom stereocenters. The first-order valence-corrected chi connectivity index (χ1v) is 6.56. The molecule has 0 amide bonds. The van der Waals surface area contributed by atoms with E-state index in [1.165, 1.54) is 6.07 Å². The monoisotopic (exact) mass is 283 g/mol. The Morgan fingerprint density at radius 2 is 1.81 bits per heavy atom. The molecule has 107 valence electrons. The van der Waals surface area contributed by atoms with Crippen molar-refractivity contribution in [2.45, 2.75) is 13.3 Å². The van der Waals surface area contributed by atoms with Crippen LogP contribution >= 0.6 is 0 Å². The second kappa shape index (κ2) is 6.75. The molecular weight excluding hydrogens is 267 g/mol. The van der Waals surface area contributed by atoms with Crippen molar-refractivity contribution in [1.29, 1.82) is 0 Å². The van der Waals surface area contributed by atoms with Gasteiger partial charge in [0.2, 0.25) is 0 Å². The molecule has 0 aliphatic heterocycles. The molecule has 0 aliphatic rings. The average molecular weight is 283 g/mol. The van der Waals surface area contributed by atoms with Gasteiger partial charge in [0.1, 0.15) is 11.5 Å². The number of rotatable bonds is 6. The predicted molar refractivity (Wildman–Crippen MR) is 82.7 cm³/mol. The van der Waals surface area contributed by atoms with Crippen molar-refractivity contribution in [1.82, 2.24) is 0 Å². The number of phenolic OH excluding ortho intramolecular Hbond substituents is 2. The Balaban J connectivity index is 2.00. The van der Waals surface area contributed by atoms with Crippen molar-refractivity contribution in [3.8, 4) is 23.0 Å². The van der Waals surface area contributed by atoms with E-state index < -0.39 is 0 Å². The van der Waals surface area contributed by atoms with Gasteiger partial charge in [0.05, 0.1) is 0 Å². The molecule has 0 saturated heterocycles. The summed E-state index contributed by atoms with van der Waals surface area (Å²) >= 11 is 0. The summed E-state index contributed by atoms with van der Waals surface area (Å²) in [5.74, 6) is 0.570. The highest BCUT2D eigenvalue weighted by atomic mass is 16.6. The summed E-state index contributed by atoms with van der Waals surface area (Å²) < 4.78 is 10.5. The molecule has 2 aromatic carbocycles. The van der Waals surface area contributed by atoms with E-state index in [1.54, 1.807) is 30.3 Å². The molecule has 0 heterocycles. The highest BCUT2D eigenvalue weighted by molar-refractivity contribution is 6.21. The highest BCUT2D eigenvalue weighted by Gasteiger charge is 2.09. The fourth-order valence-electron chi connectivity index (χ4n) is 1.76. The van der Waals surface area contributed by atoms with E-state index in [9.17, 15) is 10.2 Å². The summed E-state index contributed by atoms with van der Waals surface area (Å²) in [6.45, 7) is 5.63. The van der Waals surface area contributed by atoms with Crippen LogP contribution in [-0.4, -0.2) is 17.9 Å². The maximum atomic E-state index is 9.76. The molecule has 0 aliphatic carbocycles. The van der Waals surface area contributed by atoms with Crippen molar-refractivity contribution >= 4 is 13.8 Å². The van der Waals surface area contributed by atoms with Gasteiger partial charge in [-0.05, 0) is 41.8 Å². The van der Waals surface area contributed by atoms with E-state index in [0.717, 1.165) is 25.2 Å². The van der Waals surface area contributed by atoms with Gasteiger partial charge in [0.15, 0.2) is 11.5 Å². The van der Waals surface area contributed by atoms with Gasteiger partial charge in [-0.15, -0.1) is 0 Å². The van der Waals surface area contributed by atoms with Gasteiger partial charge in [-0.25, -0.2) is 0 Å². The molecule has 2 N–H and O–H groups in total. The number of hydrogen-bond acceptors (Lipinski definition) is 4. The predicted octanol–water partition coefficient (Wildman–Crippen LogP) is 3.30. The van der Waals surface area contributed by atoms with Crippen molar-refractivity contribution in [3.05, 3.63) is 54.1 Å². The first kappa shape index (κ1) is 14.8. The Labute approximate surface area is 124 Å². The average Bonchev–Trinajstić information content (AvgIpc) is 2.50. The highest BCUT2D eigenvalue weighted by Crippen LogP contribution is 2.29. The molecule has 4 nitrogen and oxygen atoms in total. The molecule has 0 bridgehead atoms. The summed E-state index contributed by atoms with van der Waals surface area (Å²) in [5, 5.41) is 19.4. The minimum Gasteiger partial charge on any atom is -0.524 e. The fraction of sp³-hybridized carbons (Fsp3) is 0.125. The van der Waals surface area contributed by atoms with E-state index in [-0.39, 0.29) is 17.2 Å². The lowest BCUT2D eigenvalue weighted by molar-refractivity contribution is 0.397. The van der Waals surface area contributed by atoms with Gasteiger partial charge in [0, 0.05) is 0 Å². The van der Waals surface area contributed by atoms with E-state index in [4.69, 9.17) is 9.31 Å². The van der Waals surface area contributed by atoms with Crippen LogP contribution in [0.25, 0.3) is 6.08 Å². The third-order valence-corrected chi connectivity index (χ3v) is 3.00. The van der Waals surface area contributed by atoms with Crippen LogP contribution in [0.15, 0.2) is 43.0 Å². The van der Waals surface area contributed by atoms with Crippen LogP contribution in [0.2, 0.25) is 0 Å². The van der Waals surface area contributed by atoms with Crippen LogP contribution in [0.1, 0.15) is 18.1 Å². The van der Waals surface area contributed by atoms with Crippen LogP contribution in [0.4, 0.5) is 0 Å².